The molecule has 4 fully saturated rings. The van der Waals surface area contributed by atoms with E-state index in [1.165, 1.54) is 4.90 Å². The van der Waals surface area contributed by atoms with Crippen molar-refractivity contribution in [2.24, 2.45) is 23.7 Å². The number of likely N-dealkylation sites (tertiary alicyclic amines) is 1. The largest absolute Gasteiger partial charge is 0.480 e. The average Bonchev–Trinajstić information content (AvgIpc) is 3.34. The van der Waals surface area contributed by atoms with E-state index in [0.29, 0.717) is 24.3 Å². The van der Waals surface area contributed by atoms with Gasteiger partial charge in [-0.3, -0.25) is 9.69 Å². The minimum Gasteiger partial charge on any atom is -0.480 e. The number of aliphatic carboxylic acids is 2. The van der Waals surface area contributed by atoms with Gasteiger partial charge in [0.25, 0.3) is 0 Å². The standard InChI is InChI=1S/C11H17NO4.C6H9NO2/c1-11(2,3)16-10(15)12-5-6-4-7(6)8(12)9(13)14;8-6(9)5-4-1-3(4)2-7-5/h6-8H,4-5H2,1-3H3,(H,13,14);3-5,7H,1-2H2,(H,8,9). The fourth-order valence-corrected chi connectivity index (χ4v) is 3.90. The van der Waals surface area contributed by atoms with E-state index in [1.807, 2.05) is 0 Å². The normalized spacial score (nSPS) is 37.3. The number of ether oxygens (including phenoxy) is 1. The van der Waals surface area contributed by atoms with Crippen LogP contribution in [0, 0.1) is 23.7 Å². The first-order valence-corrected chi connectivity index (χ1v) is 8.77. The van der Waals surface area contributed by atoms with Crippen LogP contribution in [-0.2, 0) is 14.3 Å². The molecular weight excluding hydrogens is 328 g/mol. The van der Waals surface area contributed by atoms with Crippen molar-refractivity contribution in [2.75, 3.05) is 13.1 Å². The summed E-state index contributed by atoms with van der Waals surface area (Å²) < 4.78 is 5.19. The van der Waals surface area contributed by atoms with Crippen molar-refractivity contribution in [2.45, 2.75) is 51.3 Å². The highest BCUT2D eigenvalue weighted by Crippen LogP contribution is 2.49. The maximum Gasteiger partial charge on any atom is 0.411 e. The number of piperidine rings is 2. The molecule has 2 aliphatic heterocycles. The smallest absolute Gasteiger partial charge is 0.411 e. The molecule has 2 saturated heterocycles. The Labute approximate surface area is 146 Å². The lowest BCUT2D eigenvalue weighted by Gasteiger charge is -2.28. The molecule has 25 heavy (non-hydrogen) atoms. The summed E-state index contributed by atoms with van der Waals surface area (Å²) in [7, 11) is 0. The minimum absolute atomic E-state index is 0.144. The lowest BCUT2D eigenvalue weighted by Crippen LogP contribution is -2.45. The van der Waals surface area contributed by atoms with Gasteiger partial charge in [-0.25, -0.2) is 9.59 Å². The van der Waals surface area contributed by atoms with Gasteiger partial charge in [0.2, 0.25) is 0 Å². The maximum atomic E-state index is 11.8. The molecule has 3 N–H and O–H groups in total. The second-order valence-corrected chi connectivity index (χ2v) is 8.46. The van der Waals surface area contributed by atoms with Crippen LogP contribution in [0.25, 0.3) is 0 Å². The molecule has 4 aliphatic rings. The van der Waals surface area contributed by atoms with E-state index >= 15 is 0 Å². The number of nitrogens with zero attached hydrogens (tertiary/aromatic N) is 1. The topological polar surface area (TPSA) is 116 Å². The Morgan fingerprint density at radius 3 is 2.08 bits per heavy atom. The van der Waals surface area contributed by atoms with Crippen molar-refractivity contribution in [1.82, 2.24) is 10.2 Å². The van der Waals surface area contributed by atoms with E-state index in [1.54, 1.807) is 20.8 Å². The fourth-order valence-electron chi connectivity index (χ4n) is 3.90. The summed E-state index contributed by atoms with van der Waals surface area (Å²) in [5.74, 6) is 0.0584. The van der Waals surface area contributed by atoms with Gasteiger partial charge < -0.3 is 20.3 Å². The summed E-state index contributed by atoms with van der Waals surface area (Å²) in [5.41, 5.74) is -0.576. The Morgan fingerprint density at radius 2 is 1.68 bits per heavy atom. The predicted octanol–water partition coefficient (Wildman–Crippen LogP) is 1.01. The molecular formula is C17H26N2O6. The van der Waals surface area contributed by atoms with Gasteiger partial charge in [-0.05, 0) is 63.8 Å². The molecule has 8 heteroatoms. The third kappa shape index (κ3) is 3.89. The predicted molar refractivity (Wildman–Crippen MR) is 87.0 cm³/mol. The molecule has 6 unspecified atom stereocenters. The van der Waals surface area contributed by atoms with Crippen LogP contribution in [0.3, 0.4) is 0 Å². The zero-order valence-corrected chi connectivity index (χ0v) is 14.8. The summed E-state index contributed by atoms with van der Waals surface area (Å²) in [4.78, 5) is 34.6. The first kappa shape index (κ1) is 18.0. The van der Waals surface area contributed by atoms with Crippen LogP contribution in [0.1, 0.15) is 33.6 Å². The van der Waals surface area contributed by atoms with E-state index < -0.39 is 29.7 Å². The molecule has 2 heterocycles. The molecule has 4 rings (SSSR count). The first-order chi connectivity index (χ1) is 11.6. The van der Waals surface area contributed by atoms with Crippen molar-refractivity contribution < 1.29 is 29.3 Å². The van der Waals surface area contributed by atoms with Crippen LogP contribution < -0.4 is 5.32 Å². The zero-order valence-electron chi connectivity index (χ0n) is 14.8. The summed E-state index contributed by atoms with van der Waals surface area (Å²) in [6, 6.07) is -0.908. The van der Waals surface area contributed by atoms with E-state index in [4.69, 9.17) is 14.9 Å². The van der Waals surface area contributed by atoms with Gasteiger partial charge in [-0.15, -0.1) is 0 Å². The van der Waals surface area contributed by atoms with Gasteiger partial charge in [0.1, 0.15) is 17.7 Å². The van der Waals surface area contributed by atoms with Crippen LogP contribution in [-0.4, -0.2) is 63.9 Å². The Hall–Kier alpha value is -1.83. The van der Waals surface area contributed by atoms with Crippen molar-refractivity contribution in [3.63, 3.8) is 0 Å². The average molecular weight is 354 g/mol. The molecule has 2 saturated carbocycles. The monoisotopic (exact) mass is 354 g/mol. The molecule has 140 valence electrons. The molecule has 0 aromatic carbocycles. The van der Waals surface area contributed by atoms with Gasteiger partial charge in [-0.2, -0.15) is 0 Å². The summed E-state index contributed by atoms with van der Waals surface area (Å²) in [6.07, 6.45) is 1.55. The Bertz CT molecular complexity index is 586. The Morgan fingerprint density at radius 1 is 1.04 bits per heavy atom. The number of carbonyl (C=O) groups is 3. The molecule has 0 aromatic rings. The molecule has 6 atom stereocenters. The Balaban J connectivity index is 0.000000170. The lowest BCUT2D eigenvalue weighted by atomic mass is 10.2. The number of fused-ring (bicyclic) bond motifs is 2. The second-order valence-electron chi connectivity index (χ2n) is 8.46. The van der Waals surface area contributed by atoms with Crippen LogP contribution in [0.5, 0.6) is 0 Å². The molecule has 8 nitrogen and oxygen atoms in total. The van der Waals surface area contributed by atoms with E-state index in [9.17, 15) is 14.4 Å². The number of amides is 1. The summed E-state index contributed by atoms with van der Waals surface area (Å²) >= 11 is 0. The van der Waals surface area contributed by atoms with Crippen molar-refractivity contribution >= 4 is 18.0 Å². The molecule has 0 radical (unpaired) electrons. The highest BCUT2D eigenvalue weighted by atomic mass is 16.6. The molecule has 0 spiro atoms. The van der Waals surface area contributed by atoms with E-state index in [0.717, 1.165) is 19.4 Å². The van der Waals surface area contributed by atoms with Crippen LogP contribution in [0.15, 0.2) is 0 Å². The number of hydrogen-bond acceptors (Lipinski definition) is 5. The number of carboxylic acid groups (broad SMARTS) is 2. The van der Waals surface area contributed by atoms with Crippen molar-refractivity contribution in [3.05, 3.63) is 0 Å². The third-order valence-electron chi connectivity index (χ3n) is 5.30. The minimum atomic E-state index is -0.921. The van der Waals surface area contributed by atoms with E-state index in [-0.39, 0.29) is 12.0 Å². The van der Waals surface area contributed by atoms with E-state index in [2.05, 4.69) is 5.32 Å². The zero-order chi connectivity index (χ0) is 18.5. The summed E-state index contributed by atoms with van der Waals surface area (Å²) in [5, 5.41) is 20.6. The lowest BCUT2D eigenvalue weighted by molar-refractivity contribution is -0.143. The number of carboxylic acids is 2. The quantitative estimate of drug-likeness (QED) is 0.677. The first-order valence-electron chi connectivity index (χ1n) is 8.77. The van der Waals surface area contributed by atoms with Crippen LogP contribution in [0.2, 0.25) is 0 Å². The molecule has 0 aromatic heterocycles. The highest BCUT2D eigenvalue weighted by molar-refractivity contribution is 5.82. The number of carbonyl (C=O) groups excluding carboxylic acids is 1. The Kier molecular flexibility index (Phi) is 4.43. The maximum absolute atomic E-state index is 11.8. The van der Waals surface area contributed by atoms with Gasteiger partial charge in [0.15, 0.2) is 0 Å². The summed E-state index contributed by atoms with van der Waals surface area (Å²) in [6.45, 7) is 6.77. The SMILES string of the molecule is CC(C)(C)OC(=O)N1CC2CC2C1C(=O)O.O=C(O)C1NCC2CC21. The molecule has 2 aliphatic carbocycles. The van der Waals surface area contributed by atoms with Gasteiger partial charge in [-0.1, -0.05) is 0 Å². The van der Waals surface area contributed by atoms with Crippen molar-refractivity contribution in [1.29, 1.82) is 0 Å². The van der Waals surface area contributed by atoms with Crippen molar-refractivity contribution in [3.8, 4) is 0 Å². The van der Waals surface area contributed by atoms with Gasteiger partial charge in [0, 0.05) is 6.54 Å². The molecule has 1 amide bonds. The number of rotatable bonds is 2. The second kappa shape index (κ2) is 6.16. The molecule has 0 bridgehead atoms. The van der Waals surface area contributed by atoms with Gasteiger partial charge in [0.05, 0.1) is 0 Å². The van der Waals surface area contributed by atoms with Gasteiger partial charge >= 0.3 is 18.0 Å². The van der Waals surface area contributed by atoms with Crippen LogP contribution >= 0.6 is 0 Å². The fraction of sp³-hybridized carbons (Fsp3) is 0.824. The highest BCUT2D eigenvalue weighted by Gasteiger charge is 2.58. The number of nitrogens with one attached hydrogen (secondary N) is 1. The third-order valence-corrected chi connectivity index (χ3v) is 5.30. The van der Waals surface area contributed by atoms with Crippen LogP contribution in [0.4, 0.5) is 4.79 Å². The number of hydrogen-bond donors (Lipinski definition) is 3.